The molecule has 92 valence electrons. The molecule has 2 N–H and O–H groups in total. The van der Waals surface area contributed by atoms with Gasteiger partial charge in [-0.1, -0.05) is 13.0 Å². The Morgan fingerprint density at radius 1 is 1.47 bits per heavy atom. The van der Waals surface area contributed by atoms with Crippen LogP contribution in [-0.2, 0) is 6.54 Å². The lowest BCUT2D eigenvalue weighted by Gasteiger charge is -2.07. The van der Waals surface area contributed by atoms with Gasteiger partial charge in [0, 0.05) is 23.8 Å². The summed E-state index contributed by atoms with van der Waals surface area (Å²) in [6.45, 7) is 3.99. The molecular weight excluding hydrogens is 232 g/mol. The zero-order valence-electron chi connectivity index (χ0n) is 10.1. The molecule has 0 aromatic heterocycles. The van der Waals surface area contributed by atoms with E-state index in [4.69, 9.17) is 10.4 Å². The summed E-state index contributed by atoms with van der Waals surface area (Å²) < 4.78 is 0. The molecule has 4 heteroatoms. The maximum Gasteiger partial charge on any atom is 0.100 e. The zero-order chi connectivity index (χ0) is 12.5. The van der Waals surface area contributed by atoms with E-state index < -0.39 is 0 Å². The van der Waals surface area contributed by atoms with E-state index >= 15 is 0 Å². The summed E-state index contributed by atoms with van der Waals surface area (Å²) in [4.78, 5) is 1.00. The highest BCUT2D eigenvalue weighted by Gasteiger charge is 2.04. The summed E-state index contributed by atoms with van der Waals surface area (Å²) in [5.74, 6) is 0.845. The van der Waals surface area contributed by atoms with E-state index in [1.54, 1.807) is 11.8 Å². The summed E-state index contributed by atoms with van der Waals surface area (Å²) in [5, 5.41) is 21.1. The van der Waals surface area contributed by atoms with Gasteiger partial charge in [-0.25, -0.2) is 0 Å². The van der Waals surface area contributed by atoms with Gasteiger partial charge in [0.15, 0.2) is 0 Å². The Morgan fingerprint density at radius 2 is 2.29 bits per heavy atom. The number of aliphatic hydroxyl groups excluding tert-OH is 1. The average molecular weight is 250 g/mol. The van der Waals surface area contributed by atoms with E-state index in [1.807, 2.05) is 18.2 Å². The Balaban J connectivity index is 2.68. The second kappa shape index (κ2) is 8.13. The smallest absolute Gasteiger partial charge is 0.100 e. The van der Waals surface area contributed by atoms with Crippen LogP contribution in [0.3, 0.4) is 0 Å². The Kier molecular flexibility index (Phi) is 6.71. The second-order valence-corrected chi connectivity index (χ2v) is 4.79. The average Bonchev–Trinajstić information content (AvgIpc) is 2.37. The topological polar surface area (TPSA) is 56.0 Å². The first-order valence-corrected chi connectivity index (χ1v) is 6.77. The van der Waals surface area contributed by atoms with Crippen LogP contribution in [0.5, 0.6) is 0 Å². The normalized spacial score (nSPS) is 10.2. The van der Waals surface area contributed by atoms with Gasteiger partial charge in [0.1, 0.15) is 6.07 Å². The van der Waals surface area contributed by atoms with Crippen LogP contribution in [0.25, 0.3) is 0 Å². The van der Waals surface area contributed by atoms with Gasteiger partial charge in [0.2, 0.25) is 0 Å². The van der Waals surface area contributed by atoms with Crippen LogP contribution in [0.15, 0.2) is 23.1 Å². The molecule has 0 amide bonds. The fourth-order valence-electron chi connectivity index (χ4n) is 1.42. The standard InChI is InChI=1S/C13H18N2OS/c1-2-15-10-11-4-5-13(12(8-11)9-14)17-7-3-6-16/h4-5,8,15-16H,2-3,6-7,10H2,1H3. The lowest BCUT2D eigenvalue weighted by atomic mass is 10.1. The van der Waals surface area contributed by atoms with E-state index in [0.29, 0.717) is 0 Å². The highest BCUT2D eigenvalue weighted by Crippen LogP contribution is 2.24. The molecule has 3 nitrogen and oxygen atoms in total. The third kappa shape index (κ3) is 4.78. The fraction of sp³-hybridized carbons (Fsp3) is 0.462. The van der Waals surface area contributed by atoms with Gasteiger partial charge < -0.3 is 10.4 Å². The molecule has 0 aliphatic rings. The van der Waals surface area contributed by atoms with Crippen molar-refractivity contribution in [3.8, 4) is 6.07 Å². The van der Waals surface area contributed by atoms with Crippen molar-refractivity contribution in [2.24, 2.45) is 0 Å². The number of hydrogen-bond donors (Lipinski definition) is 2. The molecule has 0 saturated carbocycles. The van der Waals surface area contributed by atoms with Gasteiger partial charge >= 0.3 is 0 Å². The monoisotopic (exact) mass is 250 g/mol. The van der Waals surface area contributed by atoms with E-state index in [2.05, 4.69) is 18.3 Å². The van der Waals surface area contributed by atoms with Crippen molar-refractivity contribution >= 4 is 11.8 Å². The van der Waals surface area contributed by atoms with Crippen LogP contribution < -0.4 is 5.32 Å². The number of aliphatic hydroxyl groups is 1. The van der Waals surface area contributed by atoms with Gasteiger partial charge in [-0.15, -0.1) is 11.8 Å². The number of nitrogens with zero attached hydrogens (tertiary/aromatic N) is 1. The molecule has 0 heterocycles. The molecular formula is C13H18N2OS. The predicted molar refractivity (Wildman–Crippen MR) is 71.0 cm³/mol. The molecule has 0 spiro atoms. The molecule has 1 aromatic carbocycles. The number of benzene rings is 1. The zero-order valence-corrected chi connectivity index (χ0v) is 10.9. The number of hydrogen-bond acceptors (Lipinski definition) is 4. The van der Waals surface area contributed by atoms with Crippen LogP contribution in [0.1, 0.15) is 24.5 Å². The molecule has 0 radical (unpaired) electrons. The van der Waals surface area contributed by atoms with Crippen LogP contribution in [0.2, 0.25) is 0 Å². The lowest BCUT2D eigenvalue weighted by molar-refractivity contribution is 0.296. The summed E-state index contributed by atoms with van der Waals surface area (Å²) >= 11 is 1.63. The highest BCUT2D eigenvalue weighted by molar-refractivity contribution is 7.99. The number of nitriles is 1. The van der Waals surface area contributed by atoms with E-state index in [0.717, 1.165) is 41.3 Å². The van der Waals surface area contributed by atoms with Crippen molar-refractivity contribution in [1.29, 1.82) is 5.26 Å². The minimum Gasteiger partial charge on any atom is -0.396 e. The van der Waals surface area contributed by atoms with Crippen molar-refractivity contribution in [2.75, 3.05) is 18.9 Å². The quantitative estimate of drug-likeness (QED) is 0.575. The molecule has 0 unspecified atom stereocenters. The molecule has 0 saturated heterocycles. The SMILES string of the molecule is CCNCc1ccc(SCCCO)c(C#N)c1. The Morgan fingerprint density at radius 3 is 2.94 bits per heavy atom. The number of nitrogens with one attached hydrogen (secondary N) is 1. The molecule has 1 aromatic rings. The van der Waals surface area contributed by atoms with Crippen molar-refractivity contribution in [2.45, 2.75) is 24.8 Å². The molecule has 17 heavy (non-hydrogen) atoms. The van der Waals surface area contributed by atoms with Gasteiger partial charge in [0.25, 0.3) is 0 Å². The summed E-state index contributed by atoms with van der Waals surface area (Å²) in [7, 11) is 0. The van der Waals surface area contributed by atoms with Crippen molar-refractivity contribution in [3.05, 3.63) is 29.3 Å². The fourth-order valence-corrected chi connectivity index (χ4v) is 2.33. The van der Waals surface area contributed by atoms with Crippen molar-refractivity contribution in [3.63, 3.8) is 0 Å². The van der Waals surface area contributed by atoms with Gasteiger partial charge in [-0.3, -0.25) is 0 Å². The maximum atomic E-state index is 9.09. The third-order valence-corrected chi connectivity index (χ3v) is 3.46. The van der Waals surface area contributed by atoms with Gasteiger partial charge in [0.05, 0.1) is 5.56 Å². The van der Waals surface area contributed by atoms with Crippen LogP contribution in [-0.4, -0.2) is 24.0 Å². The van der Waals surface area contributed by atoms with Gasteiger partial charge in [-0.05, 0) is 30.7 Å². The first-order valence-electron chi connectivity index (χ1n) is 5.79. The minimum atomic E-state index is 0.202. The van der Waals surface area contributed by atoms with Crippen molar-refractivity contribution in [1.82, 2.24) is 5.32 Å². The van der Waals surface area contributed by atoms with Crippen molar-refractivity contribution < 1.29 is 5.11 Å². The second-order valence-electron chi connectivity index (χ2n) is 3.65. The Bertz CT molecular complexity index is 387. The van der Waals surface area contributed by atoms with Crippen LogP contribution >= 0.6 is 11.8 Å². The third-order valence-electron chi connectivity index (χ3n) is 2.30. The number of thioether (sulfide) groups is 1. The van der Waals surface area contributed by atoms with E-state index in [1.165, 1.54) is 0 Å². The maximum absolute atomic E-state index is 9.09. The van der Waals surface area contributed by atoms with Crippen LogP contribution in [0, 0.1) is 11.3 Å². The summed E-state index contributed by atoms with van der Waals surface area (Å²) in [5.41, 5.74) is 1.86. The molecule has 0 aliphatic carbocycles. The largest absolute Gasteiger partial charge is 0.396 e. The van der Waals surface area contributed by atoms with Crippen LogP contribution in [0.4, 0.5) is 0 Å². The minimum absolute atomic E-state index is 0.202. The molecule has 0 atom stereocenters. The number of rotatable bonds is 7. The molecule has 0 fully saturated rings. The summed E-state index contributed by atoms with van der Waals surface area (Å²) in [6.07, 6.45) is 0.759. The van der Waals surface area contributed by atoms with Gasteiger partial charge in [-0.2, -0.15) is 5.26 Å². The van der Waals surface area contributed by atoms with E-state index in [-0.39, 0.29) is 6.61 Å². The molecule has 1 rings (SSSR count). The first-order chi connectivity index (χ1) is 8.31. The summed E-state index contributed by atoms with van der Waals surface area (Å²) in [6, 6.07) is 8.20. The van der Waals surface area contributed by atoms with E-state index in [9.17, 15) is 0 Å². The lowest BCUT2D eigenvalue weighted by Crippen LogP contribution is -2.11. The predicted octanol–water partition coefficient (Wildman–Crippen LogP) is 2.14. The Labute approximate surface area is 107 Å². The Hall–Kier alpha value is -1.02. The highest BCUT2D eigenvalue weighted by atomic mass is 32.2. The molecule has 0 aliphatic heterocycles. The molecule has 0 bridgehead atoms. The first kappa shape index (κ1) is 14.0.